The minimum absolute atomic E-state index is 0.214. The number of carboxylic acid groups (broad SMARTS) is 1. The molecule has 18 heavy (non-hydrogen) atoms. The minimum Gasteiger partial charge on any atom is -0.477 e. The molecule has 0 fully saturated rings. The summed E-state index contributed by atoms with van der Waals surface area (Å²) in [4.78, 5) is 15.2. The van der Waals surface area contributed by atoms with Crippen LogP contribution in [0.2, 0.25) is 10.0 Å². The normalized spacial score (nSPS) is 10.4. The number of nitrogens with zero attached hydrogens (tertiary/aromatic N) is 1. The van der Waals surface area contributed by atoms with E-state index in [1.165, 1.54) is 0 Å². The van der Waals surface area contributed by atoms with Crippen LogP contribution in [0.3, 0.4) is 0 Å². The molecule has 0 unspecified atom stereocenters. The summed E-state index contributed by atoms with van der Waals surface area (Å²) in [5.74, 6) is -0.984. The summed E-state index contributed by atoms with van der Waals surface area (Å²) < 4.78 is 0. The highest BCUT2D eigenvalue weighted by atomic mass is 35.5. The van der Waals surface area contributed by atoms with Gasteiger partial charge in [0, 0.05) is 15.7 Å². The largest absolute Gasteiger partial charge is 0.477 e. The van der Waals surface area contributed by atoms with Crippen molar-refractivity contribution in [2.45, 2.75) is 6.92 Å². The average molecular weight is 303 g/mol. The number of nitrogens with one attached hydrogen (secondary N) is 1. The summed E-state index contributed by atoms with van der Waals surface area (Å²) in [7, 11) is 0. The molecular formula is C11H8Cl2N2O2S. The van der Waals surface area contributed by atoms with Crippen molar-refractivity contribution >= 4 is 51.3 Å². The number of halogens is 2. The Hall–Kier alpha value is -1.30. The molecule has 0 radical (unpaired) electrons. The Kier molecular flexibility index (Phi) is 3.75. The van der Waals surface area contributed by atoms with Gasteiger partial charge in [-0.2, -0.15) is 0 Å². The number of hydrogen-bond donors (Lipinski definition) is 2. The molecule has 0 atom stereocenters. The topological polar surface area (TPSA) is 62.2 Å². The molecule has 0 saturated heterocycles. The molecule has 1 aromatic carbocycles. The Labute approximate surface area is 117 Å². The van der Waals surface area contributed by atoms with E-state index in [0.717, 1.165) is 11.3 Å². The number of benzene rings is 1. The zero-order chi connectivity index (χ0) is 13.3. The Bertz CT molecular complexity index is 593. The summed E-state index contributed by atoms with van der Waals surface area (Å²) in [5, 5.41) is 13.4. The first-order chi connectivity index (χ1) is 8.45. The number of carbonyl (C=O) groups is 1. The molecule has 7 heteroatoms. The predicted octanol–water partition coefficient (Wildman–Crippen LogP) is 4.20. The molecule has 0 bridgehead atoms. The van der Waals surface area contributed by atoms with Gasteiger partial charge in [0.1, 0.15) is 4.88 Å². The van der Waals surface area contributed by atoms with Crippen molar-refractivity contribution in [2.75, 3.05) is 5.32 Å². The molecule has 2 aromatic rings. The van der Waals surface area contributed by atoms with Crippen molar-refractivity contribution in [3.05, 3.63) is 38.8 Å². The van der Waals surface area contributed by atoms with Gasteiger partial charge in [-0.05, 0) is 25.1 Å². The van der Waals surface area contributed by atoms with E-state index in [9.17, 15) is 4.79 Å². The van der Waals surface area contributed by atoms with Gasteiger partial charge in [0.05, 0.1) is 5.69 Å². The van der Waals surface area contributed by atoms with E-state index < -0.39 is 5.97 Å². The molecular weight excluding hydrogens is 295 g/mol. The van der Waals surface area contributed by atoms with Gasteiger partial charge < -0.3 is 10.4 Å². The third kappa shape index (κ3) is 2.93. The van der Waals surface area contributed by atoms with Crippen LogP contribution in [0, 0.1) is 6.92 Å². The Balaban J connectivity index is 2.28. The van der Waals surface area contributed by atoms with Crippen LogP contribution in [-0.4, -0.2) is 16.1 Å². The number of hydrogen-bond acceptors (Lipinski definition) is 4. The zero-order valence-corrected chi connectivity index (χ0v) is 11.5. The summed E-state index contributed by atoms with van der Waals surface area (Å²) in [5.41, 5.74) is 1.14. The number of aryl methyl sites for hydroxylation is 1. The Morgan fingerprint density at radius 3 is 2.44 bits per heavy atom. The number of aromatic nitrogens is 1. The van der Waals surface area contributed by atoms with Crippen LogP contribution in [0.4, 0.5) is 10.8 Å². The standard InChI is InChI=1S/C11H8Cl2N2O2S/c1-5-9(10(16)17)18-11(14-5)15-8-3-6(12)2-7(13)4-8/h2-4H,1H3,(H,14,15)(H,16,17). The maximum Gasteiger partial charge on any atom is 0.347 e. The van der Waals surface area contributed by atoms with Crippen molar-refractivity contribution in [3.8, 4) is 0 Å². The van der Waals surface area contributed by atoms with Crippen molar-refractivity contribution in [1.29, 1.82) is 0 Å². The van der Waals surface area contributed by atoms with Gasteiger partial charge in [0.15, 0.2) is 5.13 Å². The SMILES string of the molecule is Cc1nc(Nc2cc(Cl)cc(Cl)c2)sc1C(=O)O. The number of aromatic carboxylic acids is 1. The lowest BCUT2D eigenvalue weighted by Gasteiger charge is -2.03. The summed E-state index contributed by atoms with van der Waals surface area (Å²) in [6.45, 7) is 1.65. The molecule has 0 spiro atoms. The van der Waals surface area contributed by atoms with E-state index in [0.29, 0.717) is 26.6 Å². The molecule has 0 amide bonds. The summed E-state index contributed by atoms with van der Waals surface area (Å²) >= 11 is 12.8. The molecule has 1 heterocycles. The lowest BCUT2D eigenvalue weighted by atomic mass is 10.3. The zero-order valence-electron chi connectivity index (χ0n) is 9.20. The number of rotatable bonds is 3. The van der Waals surface area contributed by atoms with Crippen LogP contribution in [-0.2, 0) is 0 Å². The van der Waals surface area contributed by atoms with Crippen LogP contribution in [0.25, 0.3) is 0 Å². The van der Waals surface area contributed by atoms with E-state index in [2.05, 4.69) is 10.3 Å². The molecule has 0 saturated carbocycles. The molecule has 0 aliphatic carbocycles. The molecule has 1 aromatic heterocycles. The highest BCUT2D eigenvalue weighted by Gasteiger charge is 2.14. The van der Waals surface area contributed by atoms with Gasteiger partial charge in [0.25, 0.3) is 0 Å². The van der Waals surface area contributed by atoms with Gasteiger partial charge in [-0.15, -0.1) is 0 Å². The highest BCUT2D eigenvalue weighted by molar-refractivity contribution is 7.17. The Morgan fingerprint density at radius 2 is 1.94 bits per heavy atom. The number of thiazole rings is 1. The van der Waals surface area contributed by atoms with Crippen molar-refractivity contribution in [1.82, 2.24) is 4.98 Å². The molecule has 0 aliphatic rings. The van der Waals surface area contributed by atoms with E-state index >= 15 is 0 Å². The monoisotopic (exact) mass is 302 g/mol. The molecule has 4 nitrogen and oxygen atoms in total. The Morgan fingerprint density at radius 1 is 1.33 bits per heavy atom. The van der Waals surface area contributed by atoms with Crippen LogP contribution in [0.5, 0.6) is 0 Å². The first kappa shape index (κ1) is 13.1. The third-order valence-electron chi connectivity index (χ3n) is 2.10. The van der Waals surface area contributed by atoms with Gasteiger partial charge in [-0.1, -0.05) is 34.5 Å². The third-order valence-corrected chi connectivity index (χ3v) is 3.60. The van der Waals surface area contributed by atoms with Gasteiger partial charge >= 0.3 is 5.97 Å². The average Bonchev–Trinajstić information content (AvgIpc) is 2.57. The maximum absolute atomic E-state index is 10.9. The smallest absolute Gasteiger partial charge is 0.347 e. The van der Waals surface area contributed by atoms with Gasteiger partial charge in [-0.25, -0.2) is 9.78 Å². The fourth-order valence-electron chi connectivity index (χ4n) is 1.40. The van der Waals surface area contributed by atoms with Crippen molar-refractivity contribution in [2.24, 2.45) is 0 Å². The van der Waals surface area contributed by atoms with Crippen molar-refractivity contribution in [3.63, 3.8) is 0 Å². The second-order valence-electron chi connectivity index (χ2n) is 3.52. The molecule has 0 aliphatic heterocycles. The van der Waals surface area contributed by atoms with Crippen LogP contribution >= 0.6 is 34.5 Å². The predicted molar refractivity (Wildman–Crippen MR) is 73.6 cm³/mol. The molecule has 2 rings (SSSR count). The summed E-state index contributed by atoms with van der Waals surface area (Å²) in [6.07, 6.45) is 0. The minimum atomic E-state index is -0.984. The lowest BCUT2D eigenvalue weighted by molar-refractivity contribution is 0.0701. The van der Waals surface area contributed by atoms with Crippen LogP contribution in [0.15, 0.2) is 18.2 Å². The first-order valence-electron chi connectivity index (χ1n) is 4.89. The van der Waals surface area contributed by atoms with Crippen molar-refractivity contribution < 1.29 is 9.90 Å². The summed E-state index contributed by atoms with van der Waals surface area (Å²) in [6, 6.07) is 4.99. The van der Waals surface area contributed by atoms with Gasteiger partial charge in [0.2, 0.25) is 0 Å². The van der Waals surface area contributed by atoms with Crippen LogP contribution < -0.4 is 5.32 Å². The quantitative estimate of drug-likeness (QED) is 0.892. The lowest BCUT2D eigenvalue weighted by Crippen LogP contribution is -1.94. The highest BCUT2D eigenvalue weighted by Crippen LogP contribution is 2.28. The second kappa shape index (κ2) is 5.14. The second-order valence-corrected chi connectivity index (χ2v) is 5.39. The van der Waals surface area contributed by atoms with E-state index in [4.69, 9.17) is 28.3 Å². The van der Waals surface area contributed by atoms with Crippen LogP contribution in [0.1, 0.15) is 15.4 Å². The molecule has 94 valence electrons. The van der Waals surface area contributed by atoms with E-state index in [1.54, 1.807) is 25.1 Å². The maximum atomic E-state index is 10.9. The van der Waals surface area contributed by atoms with Gasteiger partial charge in [-0.3, -0.25) is 0 Å². The first-order valence-corrected chi connectivity index (χ1v) is 6.47. The van der Waals surface area contributed by atoms with E-state index in [1.807, 2.05) is 0 Å². The molecule has 2 N–H and O–H groups in total. The fourth-order valence-corrected chi connectivity index (χ4v) is 2.75. The number of anilines is 2. The number of carboxylic acids is 1. The fraction of sp³-hybridized carbons (Fsp3) is 0.0909. The van der Waals surface area contributed by atoms with E-state index in [-0.39, 0.29) is 4.88 Å².